The average molecular weight is 326 g/mol. The second-order valence-corrected chi connectivity index (χ2v) is 6.95. The van der Waals surface area contributed by atoms with Gasteiger partial charge >= 0.3 is 0 Å². The number of aromatic nitrogens is 3. The SMILES string of the molecule is CN1CCN(Cc2cc(C#N)n(C)c2)C[C@@H]1c1nc(C2CC2)no1. The van der Waals surface area contributed by atoms with Crippen molar-refractivity contribution in [2.24, 2.45) is 7.05 Å². The molecule has 7 heteroatoms. The van der Waals surface area contributed by atoms with E-state index in [-0.39, 0.29) is 6.04 Å². The van der Waals surface area contributed by atoms with E-state index in [9.17, 15) is 0 Å². The van der Waals surface area contributed by atoms with E-state index in [1.165, 1.54) is 18.4 Å². The highest BCUT2D eigenvalue weighted by atomic mass is 16.5. The predicted molar refractivity (Wildman–Crippen MR) is 87.0 cm³/mol. The summed E-state index contributed by atoms with van der Waals surface area (Å²) in [5.41, 5.74) is 1.86. The van der Waals surface area contributed by atoms with Crippen LogP contribution in [-0.2, 0) is 13.6 Å². The molecule has 0 radical (unpaired) electrons. The summed E-state index contributed by atoms with van der Waals surface area (Å²) in [7, 11) is 4.02. The molecule has 0 bridgehead atoms. The van der Waals surface area contributed by atoms with Crippen LogP contribution in [-0.4, -0.2) is 51.2 Å². The summed E-state index contributed by atoms with van der Waals surface area (Å²) in [6, 6.07) is 4.32. The molecule has 4 rings (SSSR count). The van der Waals surface area contributed by atoms with E-state index >= 15 is 0 Å². The van der Waals surface area contributed by atoms with Crippen LogP contribution >= 0.6 is 0 Å². The van der Waals surface area contributed by atoms with Gasteiger partial charge in [0.15, 0.2) is 5.82 Å². The number of nitrogens with zero attached hydrogens (tertiary/aromatic N) is 6. The Morgan fingerprint density at radius 3 is 2.88 bits per heavy atom. The largest absolute Gasteiger partial charge is 0.342 e. The Morgan fingerprint density at radius 1 is 1.33 bits per heavy atom. The summed E-state index contributed by atoms with van der Waals surface area (Å²) >= 11 is 0. The molecule has 0 amide bonds. The molecule has 7 nitrogen and oxygen atoms in total. The van der Waals surface area contributed by atoms with Gasteiger partial charge in [0.25, 0.3) is 0 Å². The molecule has 1 atom stereocenters. The number of hydrogen-bond acceptors (Lipinski definition) is 6. The Balaban J connectivity index is 1.46. The molecule has 0 aromatic carbocycles. The van der Waals surface area contributed by atoms with Crippen LogP contribution in [0.1, 0.15) is 47.8 Å². The molecular formula is C17H22N6O. The third-order valence-corrected chi connectivity index (χ3v) is 5.00. The molecule has 1 saturated carbocycles. The van der Waals surface area contributed by atoms with Gasteiger partial charge in [-0.25, -0.2) is 0 Å². The Morgan fingerprint density at radius 2 is 2.17 bits per heavy atom. The van der Waals surface area contributed by atoms with Crippen molar-refractivity contribution in [3.63, 3.8) is 0 Å². The van der Waals surface area contributed by atoms with Gasteiger partial charge in [0.1, 0.15) is 17.8 Å². The highest BCUT2D eigenvalue weighted by Gasteiger charge is 2.33. The van der Waals surface area contributed by atoms with E-state index in [2.05, 4.69) is 33.1 Å². The van der Waals surface area contributed by atoms with E-state index in [1.54, 1.807) is 0 Å². The fourth-order valence-corrected chi connectivity index (χ4v) is 3.32. The lowest BCUT2D eigenvalue weighted by Crippen LogP contribution is -2.46. The molecule has 0 unspecified atom stereocenters. The maximum atomic E-state index is 9.10. The van der Waals surface area contributed by atoms with Crippen LogP contribution in [0.25, 0.3) is 0 Å². The van der Waals surface area contributed by atoms with E-state index in [0.29, 0.717) is 11.6 Å². The maximum absolute atomic E-state index is 9.10. The van der Waals surface area contributed by atoms with Crippen LogP contribution in [0.2, 0.25) is 0 Å². The first kappa shape index (κ1) is 15.4. The molecule has 1 aliphatic carbocycles. The summed E-state index contributed by atoms with van der Waals surface area (Å²) in [5, 5.41) is 13.2. The number of likely N-dealkylation sites (N-methyl/N-ethyl adjacent to an activating group) is 1. The maximum Gasteiger partial charge on any atom is 0.245 e. The Kier molecular flexibility index (Phi) is 3.87. The van der Waals surface area contributed by atoms with Crippen molar-refractivity contribution in [3.05, 3.63) is 35.2 Å². The van der Waals surface area contributed by atoms with Crippen LogP contribution in [0.5, 0.6) is 0 Å². The normalized spacial score (nSPS) is 22.6. The van der Waals surface area contributed by atoms with Crippen LogP contribution in [0.15, 0.2) is 16.8 Å². The summed E-state index contributed by atoms with van der Waals surface area (Å²) in [5.74, 6) is 2.12. The number of nitriles is 1. The molecule has 2 aromatic rings. The van der Waals surface area contributed by atoms with Gasteiger partial charge in [0.2, 0.25) is 5.89 Å². The highest BCUT2D eigenvalue weighted by Crippen LogP contribution is 2.38. The average Bonchev–Trinajstić information content (AvgIpc) is 3.20. The van der Waals surface area contributed by atoms with E-state index < -0.39 is 0 Å². The number of aryl methyl sites for hydroxylation is 1. The van der Waals surface area contributed by atoms with Crippen LogP contribution in [0.3, 0.4) is 0 Å². The van der Waals surface area contributed by atoms with Crippen molar-refractivity contribution in [2.75, 3.05) is 26.7 Å². The fourth-order valence-electron chi connectivity index (χ4n) is 3.32. The molecule has 1 saturated heterocycles. The van der Waals surface area contributed by atoms with E-state index in [1.807, 2.05) is 23.9 Å². The Bertz CT molecular complexity index is 768. The summed E-state index contributed by atoms with van der Waals surface area (Å²) < 4.78 is 7.42. The molecule has 2 aromatic heterocycles. The first-order valence-corrected chi connectivity index (χ1v) is 8.45. The molecular weight excluding hydrogens is 304 g/mol. The molecule has 1 aliphatic heterocycles. The number of piperazine rings is 1. The second-order valence-electron chi connectivity index (χ2n) is 6.95. The van der Waals surface area contributed by atoms with Crippen molar-refractivity contribution in [3.8, 4) is 6.07 Å². The predicted octanol–water partition coefficient (Wildman–Crippen LogP) is 1.65. The first-order valence-electron chi connectivity index (χ1n) is 8.45. The minimum absolute atomic E-state index is 0.137. The van der Waals surface area contributed by atoms with Crippen molar-refractivity contribution in [2.45, 2.75) is 31.3 Å². The zero-order valence-electron chi connectivity index (χ0n) is 14.1. The van der Waals surface area contributed by atoms with Gasteiger partial charge in [-0.05, 0) is 31.5 Å². The van der Waals surface area contributed by atoms with E-state index in [4.69, 9.17) is 9.78 Å². The van der Waals surface area contributed by atoms with Gasteiger partial charge in [-0.2, -0.15) is 10.2 Å². The zero-order valence-corrected chi connectivity index (χ0v) is 14.1. The fraction of sp³-hybridized carbons (Fsp3) is 0.588. The van der Waals surface area contributed by atoms with E-state index in [0.717, 1.165) is 37.9 Å². The van der Waals surface area contributed by atoms with Crippen LogP contribution < -0.4 is 0 Å². The highest BCUT2D eigenvalue weighted by molar-refractivity contribution is 5.28. The lowest BCUT2D eigenvalue weighted by molar-refractivity contribution is 0.0714. The smallest absolute Gasteiger partial charge is 0.245 e. The van der Waals surface area contributed by atoms with Crippen LogP contribution in [0.4, 0.5) is 0 Å². The second kappa shape index (κ2) is 6.04. The first-order chi connectivity index (χ1) is 11.6. The molecule has 0 spiro atoms. The van der Waals surface area contributed by atoms with Crippen LogP contribution in [0, 0.1) is 11.3 Å². The molecule has 24 heavy (non-hydrogen) atoms. The third-order valence-electron chi connectivity index (χ3n) is 5.00. The minimum atomic E-state index is 0.137. The molecule has 0 N–H and O–H groups in total. The lowest BCUT2D eigenvalue weighted by atomic mass is 10.1. The zero-order chi connectivity index (χ0) is 16.7. The summed E-state index contributed by atoms with van der Waals surface area (Å²) in [4.78, 5) is 9.30. The standard InChI is InChI=1S/C17H22N6O/c1-21-5-6-23(10-12-7-14(8-18)22(2)9-12)11-15(21)17-19-16(20-24-17)13-3-4-13/h7,9,13,15H,3-6,10-11H2,1-2H3/t15-/m1/s1. The lowest BCUT2D eigenvalue weighted by Gasteiger charge is -2.37. The van der Waals surface area contributed by atoms with Crippen molar-refractivity contribution in [1.82, 2.24) is 24.5 Å². The number of hydrogen-bond donors (Lipinski definition) is 0. The van der Waals surface area contributed by atoms with Crippen molar-refractivity contribution < 1.29 is 4.52 Å². The molecule has 2 aliphatic rings. The molecule has 126 valence electrons. The van der Waals surface area contributed by atoms with Gasteiger partial charge in [-0.15, -0.1) is 0 Å². The Hall–Kier alpha value is -2.17. The number of rotatable bonds is 4. The monoisotopic (exact) mass is 326 g/mol. The van der Waals surface area contributed by atoms with Gasteiger partial charge in [-0.1, -0.05) is 5.16 Å². The van der Waals surface area contributed by atoms with Gasteiger partial charge in [-0.3, -0.25) is 9.80 Å². The molecule has 2 fully saturated rings. The van der Waals surface area contributed by atoms with Gasteiger partial charge in [0.05, 0.1) is 0 Å². The summed E-state index contributed by atoms with van der Waals surface area (Å²) in [6.07, 6.45) is 4.39. The van der Waals surface area contributed by atoms with Crippen molar-refractivity contribution in [1.29, 1.82) is 5.26 Å². The Labute approximate surface area is 141 Å². The van der Waals surface area contributed by atoms with Gasteiger partial charge in [0, 0.05) is 45.3 Å². The quantitative estimate of drug-likeness (QED) is 0.850. The van der Waals surface area contributed by atoms with Gasteiger partial charge < -0.3 is 9.09 Å². The summed E-state index contributed by atoms with van der Waals surface area (Å²) in [6.45, 7) is 3.65. The topological polar surface area (TPSA) is 74.1 Å². The van der Waals surface area contributed by atoms with Crippen molar-refractivity contribution >= 4 is 0 Å². The third kappa shape index (κ3) is 2.95. The minimum Gasteiger partial charge on any atom is -0.342 e. The molecule has 3 heterocycles.